The molecule has 2 aromatic rings. The summed E-state index contributed by atoms with van der Waals surface area (Å²) in [4.78, 5) is 28.5. The Morgan fingerprint density at radius 1 is 1.06 bits per heavy atom. The highest BCUT2D eigenvalue weighted by molar-refractivity contribution is 5.81. The minimum absolute atomic E-state index is 0.278. The van der Waals surface area contributed by atoms with Crippen molar-refractivity contribution < 1.29 is 23.8 Å². The first-order chi connectivity index (χ1) is 14.7. The molecule has 1 atom stereocenters. The smallest absolute Gasteiger partial charge is 0.408 e. The SMILES string of the molecule is CCc1ccc(CCOc2ccc(CC(NC(=O)OC(C)(C)C)C(=O)OC)cc2)nc1. The van der Waals surface area contributed by atoms with E-state index in [0.717, 1.165) is 29.8 Å². The third-order valence-electron chi connectivity index (χ3n) is 4.46. The van der Waals surface area contributed by atoms with Crippen LogP contribution in [0.3, 0.4) is 0 Å². The van der Waals surface area contributed by atoms with Gasteiger partial charge in [0.05, 0.1) is 13.7 Å². The summed E-state index contributed by atoms with van der Waals surface area (Å²) in [5.41, 5.74) is 2.40. The number of rotatable bonds is 9. The van der Waals surface area contributed by atoms with Crippen LogP contribution in [0.4, 0.5) is 4.79 Å². The number of methoxy groups -OCH3 is 1. The highest BCUT2D eigenvalue weighted by Gasteiger charge is 2.25. The number of alkyl carbamates (subject to hydrolysis) is 1. The molecule has 1 aromatic heterocycles. The van der Waals surface area contributed by atoms with Crippen molar-refractivity contribution >= 4 is 12.1 Å². The summed E-state index contributed by atoms with van der Waals surface area (Å²) in [5.74, 6) is 0.191. The Hall–Kier alpha value is -3.09. The highest BCUT2D eigenvalue weighted by Crippen LogP contribution is 2.15. The van der Waals surface area contributed by atoms with Crippen molar-refractivity contribution in [3.63, 3.8) is 0 Å². The summed E-state index contributed by atoms with van der Waals surface area (Å²) >= 11 is 0. The monoisotopic (exact) mass is 428 g/mol. The fourth-order valence-electron chi connectivity index (χ4n) is 2.83. The number of carbonyl (C=O) groups is 2. The van der Waals surface area contributed by atoms with E-state index in [-0.39, 0.29) is 6.42 Å². The van der Waals surface area contributed by atoms with Crippen molar-refractivity contribution in [3.8, 4) is 5.75 Å². The van der Waals surface area contributed by atoms with Crippen LogP contribution in [0.2, 0.25) is 0 Å². The first kappa shape index (κ1) is 24.2. The Balaban J connectivity index is 1.89. The zero-order chi connectivity index (χ0) is 22.9. The quantitative estimate of drug-likeness (QED) is 0.610. The van der Waals surface area contributed by atoms with Gasteiger partial charge in [0.2, 0.25) is 0 Å². The van der Waals surface area contributed by atoms with Crippen LogP contribution in [0.25, 0.3) is 0 Å². The molecule has 0 aliphatic heterocycles. The number of carbonyl (C=O) groups excluding carboxylic acids is 2. The van der Waals surface area contributed by atoms with E-state index >= 15 is 0 Å². The first-order valence-corrected chi connectivity index (χ1v) is 10.4. The molecule has 31 heavy (non-hydrogen) atoms. The second kappa shape index (κ2) is 11.3. The number of hydrogen-bond donors (Lipinski definition) is 1. The summed E-state index contributed by atoms with van der Waals surface area (Å²) < 4.78 is 15.8. The lowest BCUT2D eigenvalue weighted by atomic mass is 10.1. The van der Waals surface area contributed by atoms with E-state index in [4.69, 9.17) is 14.2 Å². The van der Waals surface area contributed by atoms with Gasteiger partial charge in [0, 0.05) is 24.7 Å². The second-order valence-electron chi connectivity index (χ2n) is 8.18. The molecule has 2 rings (SSSR count). The summed E-state index contributed by atoms with van der Waals surface area (Å²) in [5, 5.41) is 2.57. The summed E-state index contributed by atoms with van der Waals surface area (Å²) in [6.07, 6.45) is 3.20. The van der Waals surface area contributed by atoms with E-state index in [1.807, 2.05) is 36.5 Å². The molecular formula is C24H32N2O5. The molecule has 1 amide bonds. The molecule has 0 spiro atoms. The van der Waals surface area contributed by atoms with Gasteiger partial charge in [0.1, 0.15) is 17.4 Å². The molecule has 0 fully saturated rings. The molecule has 1 unspecified atom stereocenters. The maximum absolute atomic E-state index is 12.1. The van der Waals surface area contributed by atoms with Crippen LogP contribution in [0.1, 0.15) is 44.5 Å². The van der Waals surface area contributed by atoms with Gasteiger partial charge in [0.25, 0.3) is 0 Å². The standard InChI is InChI=1S/C24H32N2O5/c1-6-17-7-10-19(25-16-17)13-14-30-20-11-8-18(9-12-20)15-21(22(27)29-5)26-23(28)31-24(2,3)4/h7-12,16,21H,6,13-15H2,1-5H3,(H,26,28). The summed E-state index contributed by atoms with van der Waals surface area (Å²) in [7, 11) is 1.29. The molecule has 0 saturated heterocycles. The van der Waals surface area contributed by atoms with Crippen molar-refractivity contribution in [1.29, 1.82) is 0 Å². The Kier molecular flexibility index (Phi) is 8.85. The number of aromatic nitrogens is 1. The van der Waals surface area contributed by atoms with Gasteiger partial charge in [-0.05, 0) is 56.5 Å². The molecule has 1 N–H and O–H groups in total. The third kappa shape index (κ3) is 8.66. The summed E-state index contributed by atoms with van der Waals surface area (Å²) in [6.45, 7) is 7.89. The molecule has 0 aliphatic carbocycles. The zero-order valence-corrected chi connectivity index (χ0v) is 18.9. The maximum Gasteiger partial charge on any atom is 0.408 e. The average molecular weight is 429 g/mol. The Morgan fingerprint density at radius 3 is 2.29 bits per heavy atom. The topological polar surface area (TPSA) is 86.8 Å². The number of nitrogens with one attached hydrogen (secondary N) is 1. The van der Waals surface area contributed by atoms with Crippen LogP contribution in [-0.4, -0.2) is 42.4 Å². The van der Waals surface area contributed by atoms with Gasteiger partial charge < -0.3 is 19.5 Å². The second-order valence-corrected chi connectivity index (χ2v) is 8.18. The number of aryl methyl sites for hydroxylation is 1. The molecule has 7 heteroatoms. The van der Waals surface area contributed by atoms with Crippen molar-refractivity contribution in [1.82, 2.24) is 10.3 Å². The molecule has 0 saturated carbocycles. The van der Waals surface area contributed by atoms with E-state index in [1.54, 1.807) is 20.8 Å². The minimum Gasteiger partial charge on any atom is -0.493 e. The van der Waals surface area contributed by atoms with Gasteiger partial charge in [-0.2, -0.15) is 0 Å². The number of amides is 1. The Bertz CT molecular complexity index is 842. The maximum atomic E-state index is 12.1. The number of ether oxygens (including phenoxy) is 3. The summed E-state index contributed by atoms with van der Waals surface area (Å²) in [6, 6.07) is 10.7. The molecule has 1 heterocycles. The van der Waals surface area contributed by atoms with E-state index < -0.39 is 23.7 Å². The van der Waals surface area contributed by atoms with Crippen molar-refractivity contribution in [2.45, 2.75) is 58.6 Å². The van der Waals surface area contributed by atoms with Crippen LogP contribution < -0.4 is 10.1 Å². The van der Waals surface area contributed by atoms with Crippen LogP contribution in [0.15, 0.2) is 42.6 Å². The highest BCUT2D eigenvalue weighted by atomic mass is 16.6. The van der Waals surface area contributed by atoms with E-state index in [0.29, 0.717) is 6.61 Å². The molecule has 168 valence electrons. The van der Waals surface area contributed by atoms with E-state index in [2.05, 4.69) is 23.3 Å². The predicted molar refractivity (Wildman–Crippen MR) is 118 cm³/mol. The molecule has 0 aliphatic rings. The molecule has 7 nitrogen and oxygen atoms in total. The average Bonchev–Trinajstić information content (AvgIpc) is 2.73. The third-order valence-corrected chi connectivity index (χ3v) is 4.46. The van der Waals surface area contributed by atoms with Crippen LogP contribution >= 0.6 is 0 Å². The van der Waals surface area contributed by atoms with Crippen molar-refractivity contribution in [3.05, 3.63) is 59.4 Å². The van der Waals surface area contributed by atoms with Gasteiger partial charge in [-0.1, -0.05) is 25.1 Å². The van der Waals surface area contributed by atoms with Gasteiger partial charge in [-0.25, -0.2) is 9.59 Å². The lowest BCUT2D eigenvalue weighted by molar-refractivity contribution is -0.143. The Morgan fingerprint density at radius 2 is 1.74 bits per heavy atom. The molecular weight excluding hydrogens is 396 g/mol. The van der Waals surface area contributed by atoms with Gasteiger partial charge in [0.15, 0.2) is 0 Å². The van der Waals surface area contributed by atoms with E-state index in [1.165, 1.54) is 12.7 Å². The molecule has 0 bridgehead atoms. The first-order valence-electron chi connectivity index (χ1n) is 10.4. The normalized spacial score (nSPS) is 12.0. The molecule has 1 aromatic carbocycles. The fourth-order valence-corrected chi connectivity index (χ4v) is 2.83. The fraction of sp³-hybridized carbons (Fsp3) is 0.458. The van der Waals surface area contributed by atoms with Crippen molar-refractivity contribution in [2.75, 3.05) is 13.7 Å². The lowest BCUT2D eigenvalue weighted by Crippen LogP contribution is -2.45. The van der Waals surface area contributed by atoms with Gasteiger partial charge in [-0.15, -0.1) is 0 Å². The zero-order valence-electron chi connectivity index (χ0n) is 18.9. The van der Waals surface area contributed by atoms with Crippen LogP contribution in [0.5, 0.6) is 5.75 Å². The predicted octanol–water partition coefficient (Wildman–Crippen LogP) is 3.87. The number of hydrogen-bond acceptors (Lipinski definition) is 6. The number of esters is 1. The minimum atomic E-state index is -0.844. The van der Waals surface area contributed by atoms with E-state index in [9.17, 15) is 9.59 Å². The van der Waals surface area contributed by atoms with Crippen molar-refractivity contribution in [2.24, 2.45) is 0 Å². The number of nitrogens with zero attached hydrogens (tertiary/aromatic N) is 1. The van der Waals surface area contributed by atoms with Crippen LogP contribution in [-0.2, 0) is 33.5 Å². The molecule has 0 radical (unpaired) electrons. The number of pyridine rings is 1. The largest absolute Gasteiger partial charge is 0.493 e. The van der Waals surface area contributed by atoms with Gasteiger partial charge >= 0.3 is 12.1 Å². The number of benzene rings is 1. The van der Waals surface area contributed by atoms with Crippen LogP contribution in [0, 0.1) is 0 Å². The Labute approximate surface area is 184 Å². The lowest BCUT2D eigenvalue weighted by Gasteiger charge is -2.22. The van der Waals surface area contributed by atoms with Gasteiger partial charge in [-0.3, -0.25) is 4.98 Å².